The van der Waals surface area contributed by atoms with Crippen LogP contribution in [0.25, 0.3) is 10.4 Å². The third-order valence-electron chi connectivity index (χ3n) is 2.01. The molecule has 0 atom stereocenters. The molecule has 1 aromatic heterocycles. The zero-order chi connectivity index (χ0) is 9.26. The molecule has 0 bridgehead atoms. The summed E-state index contributed by atoms with van der Waals surface area (Å²) in [6, 6.07) is 9.49. The molecule has 0 spiro atoms. The number of thiophene rings is 1. The molecule has 13 heavy (non-hydrogen) atoms. The van der Waals surface area contributed by atoms with Crippen molar-refractivity contribution in [2.75, 3.05) is 0 Å². The molecule has 0 unspecified atom stereocenters. The van der Waals surface area contributed by atoms with Crippen LogP contribution in [0.3, 0.4) is 0 Å². The van der Waals surface area contributed by atoms with Gasteiger partial charge in [0.2, 0.25) is 0 Å². The third-order valence-corrected chi connectivity index (χ3v) is 3.06. The lowest BCUT2D eigenvalue weighted by molar-refractivity contribution is 0.477. The van der Waals surface area contributed by atoms with Crippen LogP contribution in [0.2, 0.25) is 0 Å². The van der Waals surface area contributed by atoms with Gasteiger partial charge in [-0.3, -0.25) is 0 Å². The SMILES string of the molecule is Cc1ccsc1-c1ccccc1O. The lowest BCUT2D eigenvalue weighted by Gasteiger charge is -2.01. The zero-order valence-electron chi connectivity index (χ0n) is 7.32. The molecule has 2 heteroatoms. The van der Waals surface area contributed by atoms with Gasteiger partial charge >= 0.3 is 0 Å². The van der Waals surface area contributed by atoms with E-state index >= 15 is 0 Å². The molecule has 66 valence electrons. The smallest absolute Gasteiger partial charge is 0.124 e. The number of para-hydroxylation sites is 1. The van der Waals surface area contributed by atoms with Gasteiger partial charge in [-0.05, 0) is 36.1 Å². The predicted octanol–water partition coefficient (Wildman–Crippen LogP) is 3.43. The summed E-state index contributed by atoms with van der Waals surface area (Å²) in [6.45, 7) is 2.05. The summed E-state index contributed by atoms with van der Waals surface area (Å²) in [7, 11) is 0. The van der Waals surface area contributed by atoms with Crippen LogP contribution in [-0.2, 0) is 0 Å². The fourth-order valence-electron chi connectivity index (χ4n) is 1.31. The first-order valence-corrected chi connectivity index (χ1v) is 4.99. The summed E-state index contributed by atoms with van der Waals surface area (Å²) in [6.07, 6.45) is 0. The number of hydrogen-bond acceptors (Lipinski definition) is 2. The summed E-state index contributed by atoms with van der Waals surface area (Å²) >= 11 is 1.66. The molecule has 0 aliphatic carbocycles. The molecule has 0 fully saturated rings. The van der Waals surface area contributed by atoms with Crippen molar-refractivity contribution >= 4 is 11.3 Å². The minimum absolute atomic E-state index is 0.355. The Bertz CT molecular complexity index is 418. The molecule has 1 aromatic carbocycles. The van der Waals surface area contributed by atoms with E-state index in [4.69, 9.17) is 0 Å². The summed E-state index contributed by atoms with van der Waals surface area (Å²) in [5.41, 5.74) is 2.14. The van der Waals surface area contributed by atoms with E-state index in [2.05, 4.69) is 13.0 Å². The molecule has 2 rings (SSSR count). The van der Waals surface area contributed by atoms with Crippen molar-refractivity contribution in [3.63, 3.8) is 0 Å². The third kappa shape index (κ3) is 1.45. The Morgan fingerprint density at radius 2 is 1.92 bits per heavy atom. The maximum Gasteiger partial charge on any atom is 0.124 e. The molecule has 0 amide bonds. The largest absolute Gasteiger partial charge is 0.507 e. The Morgan fingerprint density at radius 1 is 1.15 bits per heavy atom. The zero-order valence-corrected chi connectivity index (χ0v) is 8.14. The summed E-state index contributed by atoms with van der Waals surface area (Å²) in [4.78, 5) is 1.15. The number of phenols is 1. The van der Waals surface area contributed by atoms with Crippen molar-refractivity contribution in [3.05, 3.63) is 41.3 Å². The van der Waals surface area contributed by atoms with Crippen LogP contribution in [0.1, 0.15) is 5.56 Å². The number of aromatic hydroxyl groups is 1. The quantitative estimate of drug-likeness (QED) is 0.730. The van der Waals surface area contributed by atoms with Crippen LogP contribution in [0.15, 0.2) is 35.7 Å². The first-order valence-electron chi connectivity index (χ1n) is 4.11. The highest BCUT2D eigenvalue weighted by Gasteiger charge is 2.06. The van der Waals surface area contributed by atoms with E-state index in [1.165, 1.54) is 5.56 Å². The lowest BCUT2D eigenvalue weighted by atomic mass is 10.1. The van der Waals surface area contributed by atoms with Crippen LogP contribution >= 0.6 is 11.3 Å². The second-order valence-electron chi connectivity index (χ2n) is 2.95. The second kappa shape index (κ2) is 3.23. The molecule has 0 radical (unpaired) electrons. The van der Waals surface area contributed by atoms with Crippen LogP contribution in [0.5, 0.6) is 5.75 Å². The molecule has 0 aliphatic heterocycles. The summed E-state index contributed by atoms with van der Waals surface area (Å²) in [5, 5.41) is 11.7. The first-order chi connectivity index (χ1) is 6.29. The van der Waals surface area contributed by atoms with Gasteiger partial charge in [0.25, 0.3) is 0 Å². The molecule has 0 aliphatic rings. The van der Waals surface area contributed by atoms with Gasteiger partial charge in [0.15, 0.2) is 0 Å². The van der Waals surface area contributed by atoms with Gasteiger partial charge in [-0.1, -0.05) is 12.1 Å². The number of aryl methyl sites for hydroxylation is 1. The molecular weight excluding hydrogens is 180 g/mol. The fraction of sp³-hybridized carbons (Fsp3) is 0.0909. The average Bonchev–Trinajstić information content (AvgIpc) is 2.52. The second-order valence-corrected chi connectivity index (χ2v) is 3.87. The van der Waals surface area contributed by atoms with Gasteiger partial charge in [-0.15, -0.1) is 11.3 Å². The van der Waals surface area contributed by atoms with Gasteiger partial charge in [0.05, 0.1) is 0 Å². The summed E-state index contributed by atoms with van der Waals surface area (Å²) in [5.74, 6) is 0.355. The van der Waals surface area contributed by atoms with E-state index < -0.39 is 0 Å². The van der Waals surface area contributed by atoms with Crippen LogP contribution < -0.4 is 0 Å². The van der Waals surface area contributed by atoms with Gasteiger partial charge in [-0.25, -0.2) is 0 Å². The Hall–Kier alpha value is -1.28. The van der Waals surface area contributed by atoms with Crippen molar-refractivity contribution in [2.24, 2.45) is 0 Å². The first kappa shape index (κ1) is 8.32. The maximum absolute atomic E-state index is 9.61. The van der Waals surface area contributed by atoms with E-state index in [0.717, 1.165) is 10.4 Å². The Labute approximate surface area is 81.3 Å². The molecular formula is C11H10OS. The van der Waals surface area contributed by atoms with E-state index in [0.29, 0.717) is 5.75 Å². The standard InChI is InChI=1S/C11H10OS/c1-8-6-7-13-11(8)9-4-2-3-5-10(9)12/h2-7,12H,1H3. The molecule has 0 saturated carbocycles. The number of benzene rings is 1. The highest BCUT2D eigenvalue weighted by Crippen LogP contribution is 2.34. The summed E-state index contributed by atoms with van der Waals surface area (Å²) < 4.78 is 0. The molecule has 1 nitrogen and oxygen atoms in total. The number of phenolic OH excluding ortho intramolecular Hbond substituents is 1. The van der Waals surface area contributed by atoms with Crippen LogP contribution in [-0.4, -0.2) is 5.11 Å². The molecule has 0 saturated heterocycles. The molecule has 1 N–H and O–H groups in total. The predicted molar refractivity (Wildman–Crippen MR) is 56.2 cm³/mol. The van der Waals surface area contributed by atoms with E-state index in [1.54, 1.807) is 17.4 Å². The maximum atomic E-state index is 9.61. The molecule has 1 heterocycles. The highest BCUT2D eigenvalue weighted by molar-refractivity contribution is 7.13. The van der Waals surface area contributed by atoms with Gasteiger partial charge in [0.1, 0.15) is 5.75 Å². The van der Waals surface area contributed by atoms with Crippen molar-refractivity contribution < 1.29 is 5.11 Å². The Kier molecular flexibility index (Phi) is 2.07. The van der Waals surface area contributed by atoms with E-state index in [-0.39, 0.29) is 0 Å². The minimum Gasteiger partial charge on any atom is -0.507 e. The van der Waals surface area contributed by atoms with E-state index in [1.807, 2.05) is 23.6 Å². The van der Waals surface area contributed by atoms with Gasteiger partial charge in [-0.2, -0.15) is 0 Å². The monoisotopic (exact) mass is 190 g/mol. The van der Waals surface area contributed by atoms with Gasteiger partial charge in [0, 0.05) is 10.4 Å². The highest BCUT2D eigenvalue weighted by atomic mass is 32.1. The van der Waals surface area contributed by atoms with Gasteiger partial charge < -0.3 is 5.11 Å². The van der Waals surface area contributed by atoms with Crippen molar-refractivity contribution in [1.82, 2.24) is 0 Å². The van der Waals surface area contributed by atoms with Crippen LogP contribution in [0, 0.1) is 6.92 Å². The Balaban J connectivity index is 2.59. The minimum atomic E-state index is 0.355. The average molecular weight is 190 g/mol. The Morgan fingerprint density at radius 3 is 2.54 bits per heavy atom. The van der Waals surface area contributed by atoms with Crippen LogP contribution in [0.4, 0.5) is 0 Å². The normalized spacial score (nSPS) is 10.2. The fourth-order valence-corrected chi connectivity index (χ4v) is 2.28. The van der Waals surface area contributed by atoms with Crippen molar-refractivity contribution in [1.29, 1.82) is 0 Å². The van der Waals surface area contributed by atoms with E-state index in [9.17, 15) is 5.11 Å². The number of rotatable bonds is 1. The number of hydrogen-bond donors (Lipinski definition) is 1. The van der Waals surface area contributed by atoms with Crippen molar-refractivity contribution in [3.8, 4) is 16.2 Å². The van der Waals surface area contributed by atoms with Crippen molar-refractivity contribution in [2.45, 2.75) is 6.92 Å². The topological polar surface area (TPSA) is 20.2 Å². The molecule has 2 aromatic rings. The lowest BCUT2D eigenvalue weighted by Crippen LogP contribution is -1.76.